The molecule has 0 spiro atoms. The van der Waals surface area contributed by atoms with Gasteiger partial charge in [-0.2, -0.15) is 0 Å². The van der Waals surface area contributed by atoms with E-state index in [1.54, 1.807) is 18.0 Å². The molecule has 1 aromatic heterocycles. The molecule has 0 radical (unpaired) electrons. The van der Waals surface area contributed by atoms with Crippen molar-refractivity contribution in [1.29, 1.82) is 0 Å². The molecule has 34 heavy (non-hydrogen) atoms. The van der Waals surface area contributed by atoms with Crippen molar-refractivity contribution in [2.24, 2.45) is 11.8 Å². The molecular weight excluding hydrogens is 432 g/mol. The van der Waals surface area contributed by atoms with Gasteiger partial charge in [-0.25, -0.2) is 9.78 Å². The Kier molecular flexibility index (Phi) is 6.34. The quantitative estimate of drug-likeness (QED) is 0.709. The first-order chi connectivity index (χ1) is 16.0. The van der Waals surface area contributed by atoms with Gasteiger partial charge in [-0.05, 0) is 45.4 Å². The summed E-state index contributed by atoms with van der Waals surface area (Å²) in [5.41, 5.74) is 2.95. The third-order valence-electron chi connectivity index (χ3n) is 6.21. The molecule has 180 valence electrons. The zero-order valence-corrected chi connectivity index (χ0v) is 20.3. The first-order valence-electron chi connectivity index (χ1n) is 11.6. The van der Waals surface area contributed by atoms with E-state index in [9.17, 15) is 14.4 Å². The van der Waals surface area contributed by atoms with Crippen molar-refractivity contribution in [3.63, 3.8) is 0 Å². The molecule has 2 aliphatic rings. The summed E-state index contributed by atoms with van der Waals surface area (Å²) < 4.78 is 5.45. The van der Waals surface area contributed by atoms with Gasteiger partial charge < -0.3 is 20.3 Å². The maximum atomic E-state index is 13.1. The molecule has 2 fully saturated rings. The molecule has 4 rings (SSSR count). The van der Waals surface area contributed by atoms with E-state index < -0.39 is 5.60 Å². The Labute approximate surface area is 200 Å². The van der Waals surface area contributed by atoms with Crippen molar-refractivity contribution < 1.29 is 19.1 Å². The van der Waals surface area contributed by atoms with Gasteiger partial charge in [0.2, 0.25) is 0 Å². The summed E-state index contributed by atoms with van der Waals surface area (Å²) in [7, 11) is 1.54. The second-order valence-corrected chi connectivity index (χ2v) is 10.2. The van der Waals surface area contributed by atoms with Gasteiger partial charge in [0.15, 0.2) is 0 Å². The smallest absolute Gasteiger partial charge is 0.410 e. The van der Waals surface area contributed by atoms with Crippen LogP contribution in [0.1, 0.15) is 58.4 Å². The van der Waals surface area contributed by atoms with Crippen LogP contribution in [-0.2, 0) is 11.2 Å². The molecule has 3 atom stereocenters. The van der Waals surface area contributed by atoms with Crippen molar-refractivity contribution >= 4 is 17.9 Å². The molecule has 1 saturated carbocycles. The van der Waals surface area contributed by atoms with Crippen LogP contribution in [0, 0.1) is 18.8 Å². The zero-order valence-electron chi connectivity index (χ0n) is 20.3. The predicted molar refractivity (Wildman–Crippen MR) is 128 cm³/mol. The number of hydrogen-bond donors (Lipinski definition) is 2. The fourth-order valence-corrected chi connectivity index (χ4v) is 4.54. The summed E-state index contributed by atoms with van der Waals surface area (Å²) >= 11 is 0. The Morgan fingerprint density at radius 1 is 1.09 bits per heavy atom. The van der Waals surface area contributed by atoms with Crippen LogP contribution in [0.3, 0.4) is 0 Å². The highest BCUT2D eigenvalue weighted by Crippen LogP contribution is 2.46. The lowest BCUT2D eigenvalue weighted by Gasteiger charge is -2.26. The number of likely N-dealkylation sites (tertiary alicyclic amines) is 1. The molecular formula is C26H32N4O4. The number of pyridine rings is 1. The van der Waals surface area contributed by atoms with Crippen LogP contribution in [0.5, 0.6) is 0 Å². The second-order valence-electron chi connectivity index (χ2n) is 10.2. The van der Waals surface area contributed by atoms with Crippen molar-refractivity contribution in [1.82, 2.24) is 20.5 Å². The van der Waals surface area contributed by atoms with E-state index in [2.05, 4.69) is 21.7 Å². The predicted octanol–water partition coefficient (Wildman–Crippen LogP) is 2.94. The van der Waals surface area contributed by atoms with Gasteiger partial charge in [-0.3, -0.25) is 9.59 Å². The van der Waals surface area contributed by atoms with Crippen LogP contribution >= 0.6 is 0 Å². The highest BCUT2D eigenvalue weighted by molar-refractivity contribution is 5.99. The van der Waals surface area contributed by atoms with Crippen LogP contribution in [-0.4, -0.2) is 59.6 Å². The molecule has 2 heterocycles. The summed E-state index contributed by atoms with van der Waals surface area (Å²) in [6, 6.07) is 11.4. The standard InChI is InChI=1S/C26H32N4O4/c1-15-7-6-8-16(9-15)10-18-11-17(12-21(28-18)24(32)27-5)23(31)29-22-19-13-30(14-20(19)22)25(33)34-26(2,3)4/h6-9,11-12,19-20,22H,10,13-14H2,1-5H3,(H,27,32)(H,29,31)/t19-,20+,22+. The lowest BCUT2D eigenvalue weighted by atomic mass is 10.0. The summed E-state index contributed by atoms with van der Waals surface area (Å²) in [6.45, 7) is 8.71. The molecule has 1 aliphatic heterocycles. The van der Waals surface area contributed by atoms with E-state index in [1.165, 1.54) is 6.07 Å². The Morgan fingerprint density at radius 2 is 1.79 bits per heavy atom. The minimum atomic E-state index is -0.530. The number of rotatable bonds is 5. The average molecular weight is 465 g/mol. The number of ether oxygens (including phenoxy) is 1. The van der Waals surface area contributed by atoms with E-state index in [0.29, 0.717) is 30.8 Å². The minimum absolute atomic E-state index is 0.0167. The Bertz CT molecular complexity index is 1110. The number of hydrogen-bond acceptors (Lipinski definition) is 5. The van der Waals surface area contributed by atoms with Gasteiger partial charge in [0.05, 0.1) is 0 Å². The molecule has 3 amide bonds. The molecule has 8 nitrogen and oxygen atoms in total. The fourth-order valence-electron chi connectivity index (χ4n) is 4.54. The van der Waals surface area contributed by atoms with Crippen LogP contribution in [0.15, 0.2) is 36.4 Å². The van der Waals surface area contributed by atoms with Crippen molar-refractivity contribution in [3.05, 3.63) is 64.5 Å². The average Bonchev–Trinajstić information content (AvgIpc) is 3.18. The van der Waals surface area contributed by atoms with E-state index in [1.807, 2.05) is 45.9 Å². The van der Waals surface area contributed by atoms with Crippen LogP contribution < -0.4 is 10.6 Å². The number of carbonyl (C=O) groups is 3. The number of nitrogens with zero attached hydrogens (tertiary/aromatic N) is 2. The number of nitrogens with one attached hydrogen (secondary N) is 2. The van der Waals surface area contributed by atoms with Crippen LogP contribution in [0.4, 0.5) is 4.79 Å². The number of aromatic nitrogens is 1. The van der Waals surface area contributed by atoms with Crippen LogP contribution in [0.2, 0.25) is 0 Å². The molecule has 0 bridgehead atoms. The summed E-state index contributed by atoms with van der Waals surface area (Å²) in [5.74, 6) is -0.121. The third-order valence-corrected chi connectivity index (χ3v) is 6.21. The summed E-state index contributed by atoms with van der Waals surface area (Å²) in [5, 5.41) is 5.67. The van der Waals surface area contributed by atoms with Crippen molar-refractivity contribution in [2.75, 3.05) is 20.1 Å². The number of amides is 3. The molecule has 2 N–H and O–H groups in total. The van der Waals surface area contributed by atoms with Gasteiger partial charge in [-0.1, -0.05) is 29.8 Å². The monoisotopic (exact) mass is 464 g/mol. The number of fused-ring (bicyclic) bond motifs is 1. The summed E-state index contributed by atoms with van der Waals surface area (Å²) in [6.07, 6.45) is 0.210. The Morgan fingerprint density at radius 3 is 2.41 bits per heavy atom. The number of aryl methyl sites for hydroxylation is 1. The SMILES string of the molecule is CNC(=O)c1cc(C(=O)N[C@H]2[C@@H]3CN(C(=O)OC(C)(C)C)C[C@@H]32)cc(Cc2cccc(C)c2)n1. The maximum absolute atomic E-state index is 13.1. The van der Waals surface area contributed by atoms with Gasteiger partial charge in [-0.15, -0.1) is 0 Å². The topological polar surface area (TPSA) is 101 Å². The van der Waals surface area contributed by atoms with E-state index in [0.717, 1.165) is 11.1 Å². The first kappa shape index (κ1) is 23.7. The Hall–Kier alpha value is -3.42. The third kappa shape index (κ3) is 5.38. The molecule has 0 unspecified atom stereocenters. The van der Waals surface area contributed by atoms with E-state index >= 15 is 0 Å². The van der Waals surface area contributed by atoms with Gasteiger partial charge >= 0.3 is 6.09 Å². The zero-order chi connectivity index (χ0) is 24.6. The number of carbonyl (C=O) groups excluding carboxylic acids is 3. The largest absolute Gasteiger partial charge is 0.444 e. The van der Waals surface area contributed by atoms with Gasteiger partial charge in [0.1, 0.15) is 11.3 Å². The van der Waals surface area contributed by atoms with Crippen molar-refractivity contribution in [2.45, 2.75) is 45.8 Å². The first-order valence-corrected chi connectivity index (χ1v) is 11.6. The number of piperidine rings is 1. The molecule has 2 aromatic rings. The van der Waals surface area contributed by atoms with Crippen molar-refractivity contribution in [3.8, 4) is 0 Å². The normalized spacial score (nSPS) is 21.0. The maximum Gasteiger partial charge on any atom is 0.410 e. The molecule has 1 aliphatic carbocycles. The van der Waals surface area contributed by atoms with E-state index in [4.69, 9.17) is 4.74 Å². The van der Waals surface area contributed by atoms with Gasteiger partial charge in [0.25, 0.3) is 11.8 Å². The molecule has 1 saturated heterocycles. The minimum Gasteiger partial charge on any atom is -0.444 e. The van der Waals surface area contributed by atoms with Gasteiger partial charge in [0, 0.05) is 55.7 Å². The van der Waals surface area contributed by atoms with E-state index in [-0.39, 0.29) is 41.5 Å². The highest BCUT2D eigenvalue weighted by Gasteiger charge is 2.58. The number of benzene rings is 1. The Balaban J connectivity index is 1.43. The van der Waals surface area contributed by atoms with Crippen LogP contribution in [0.25, 0.3) is 0 Å². The lowest BCUT2D eigenvalue weighted by molar-refractivity contribution is 0.0269. The fraction of sp³-hybridized carbons (Fsp3) is 0.462. The lowest BCUT2D eigenvalue weighted by Crippen LogP contribution is -2.40. The second kappa shape index (κ2) is 9.08. The molecule has 8 heteroatoms. The summed E-state index contributed by atoms with van der Waals surface area (Å²) in [4.78, 5) is 43.8. The molecule has 1 aromatic carbocycles. The highest BCUT2D eigenvalue weighted by atomic mass is 16.6.